The Labute approximate surface area is 133 Å². The molecule has 0 atom stereocenters. The number of benzene rings is 1. The SMILES string of the molecule is CCOC(=O)/C=C(\C)CNCCOc1ccc(I)cc1. The molecular weight excluding hydrogens is 369 g/mol. The topological polar surface area (TPSA) is 47.6 Å². The van der Waals surface area contributed by atoms with E-state index in [1.165, 1.54) is 9.65 Å². The average molecular weight is 389 g/mol. The Hall–Kier alpha value is -1.08. The Morgan fingerprint density at radius 1 is 1.35 bits per heavy atom. The maximum atomic E-state index is 11.2. The van der Waals surface area contributed by atoms with E-state index in [0.717, 1.165) is 17.9 Å². The van der Waals surface area contributed by atoms with Crippen LogP contribution in [0.4, 0.5) is 0 Å². The Bertz CT molecular complexity index is 443. The first kappa shape index (κ1) is 17.0. The molecule has 0 aromatic heterocycles. The van der Waals surface area contributed by atoms with E-state index in [0.29, 0.717) is 19.8 Å². The summed E-state index contributed by atoms with van der Waals surface area (Å²) in [4.78, 5) is 11.2. The minimum Gasteiger partial charge on any atom is -0.492 e. The standard InChI is InChI=1S/C15H20INO3/c1-3-19-15(18)10-12(2)11-17-8-9-20-14-6-4-13(16)5-7-14/h4-7,10,17H,3,8-9,11H2,1-2H3/b12-10+. The Morgan fingerprint density at radius 3 is 2.70 bits per heavy atom. The molecule has 1 aromatic rings. The van der Waals surface area contributed by atoms with Crippen molar-refractivity contribution in [3.63, 3.8) is 0 Å². The molecule has 1 N–H and O–H groups in total. The van der Waals surface area contributed by atoms with Gasteiger partial charge in [-0.05, 0) is 60.7 Å². The van der Waals surface area contributed by atoms with E-state index >= 15 is 0 Å². The summed E-state index contributed by atoms with van der Waals surface area (Å²) in [6.45, 7) is 6.05. The molecule has 0 saturated carbocycles. The van der Waals surface area contributed by atoms with Crippen molar-refractivity contribution in [2.45, 2.75) is 13.8 Å². The van der Waals surface area contributed by atoms with Crippen LogP contribution in [0.2, 0.25) is 0 Å². The van der Waals surface area contributed by atoms with Crippen LogP contribution in [-0.4, -0.2) is 32.3 Å². The summed E-state index contributed by atoms with van der Waals surface area (Å²) in [6, 6.07) is 7.92. The van der Waals surface area contributed by atoms with Gasteiger partial charge in [-0.25, -0.2) is 4.79 Å². The van der Waals surface area contributed by atoms with Crippen LogP contribution in [0.5, 0.6) is 5.75 Å². The minimum atomic E-state index is -0.290. The van der Waals surface area contributed by atoms with Gasteiger partial charge in [0.15, 0.2) is 0 Å². The third-order valence-electron chi connectivity index (χ3n) is 2.42. The van der Waals surface area contributed by atoms with Gasteiger partial charge in [-0.15, -0.1) is 0 Å². The predicted octanol–water partition coefficient (Wildman–Crippen LogP) is 2.77. The first-order valence-electron chi connectivity index (χ1n) is 6.55. The quantitative estimate of drug-likeness (QED) is 0.322. The number of carbonyl (C=O) groups is 1. The normalized spacial score (nSPS) is 11.2. The zero-order chi connectivity index (χ0) is 14.8. The third-order valence-corrected chi connectivity index (χ3v) is 3.14. The molecule has 0 amide bonds. The lowest BCUT2D eigenvalue weighted by molar-refractivity contribution is -0.137. The molecule has 5 heteroatoms. The number of hydrogen-bond acceptors (Lipinski definition) is 4. The van der Waals surface area contributed by atoms with Gasteiger partial charge in [0, 0.05) is 22.7 Å². The number of hydrogen-bond donors (Lipinski definition) is 1. The zero-order valence-corrected chi connectivity index (χ0v) is 14.0. The molecular formula is C15H20INO3. The lowest BCUT2D eigenvalue weighted by Crippen LogP contribution is -2.23. The van der Waals surface area contributed by atoms with Crippen LogP contribution in [0.3, 0.4) is 0 Å². The molecule has 0 unspecified atom stereocenters. The second-order valence-electron chi connectivity index (χ2n) is 4.22. The van der Waals surface area contributed by atoms with Crippen LogP contribution in [-0.2, 0) is 9.53 Å². The largest absolute Gasteiger partial charge is 0.492 e. The van der Waals surface area contributed by atoms with Gasteiger partial charge >= 0.3 is 5.97 Å². The minimum absolute atomic E-state index is 0.290. The molecule has 0 radical (unpaired) electrons. The molecule has 0 aliphatic carbocycles. The number of ether oxygens (including phenoxy) is 2. The Kier molecular flexibility index (Phi) is 8.29. The third kappa shape index (κ3) is 7.49. The van der Waals surface area contributed by atoms with E-state index in [4.69, 9.17) is 9.47 Å². The van der Waals surface area contributed by atoms with Crippen molar-refractivity contribution in [1.29, 1.82) is 0 Å². The van der Waals surface area contributed by atoms with Gasteiger partial charge in [0.1, 0.15) is 12.4 Å². The number of halogens is 1. The summed E-state index contributed by atoms with van der Waals surface area (Å²) in [5.41, 5.74) is 0.942. The molecule has 0 bridgehead atoms. The summed E-state index contributed by atoms with van der Waals surface area (Å²) < 4.78 is 11.6. The summed E-state index contributed by atoms with van der Waals surface area (Å²) in [5, 5.41) is 3.21. The number of esters is 1. The molecule has 4 nitrogen and oxygen atoms in total. The maximum absolute atomic E-state index is 11.2. The molecule has 1 aromatic carbocycles. The van der Waals surface area contributed by atoms with E-state index < -0.39 is 0 Å². The van der Waals surface area contributed by atoms with Gasteiger partial charge in [0.05, 0.1) is 6.61 Å². The first-order valence-corrected chi connectivity index (χ1v) is 7.62. The van der Waals surface area contributed by atoms with Crippen LogP contribution >= 0.6 is 22.6 Å². The van der Waals surface area contributed by atoms with E-state index in [-0.39, 0.29) is 5.97 Å². The highest BCUT2D eigenvalue weighted by molar-refractivity contribution is 14.1. The molecule has 1 rings (SSSR count). The highest BCUT2D eigenvalue weighted by atomic mass is 127. The molecule has 0 spiro atoms. The average Bonchev–Trinajstić information content (AvgIpc) is 2.40. The summed E-state index contributed by atoms with van der Waals surface area (Å²) in [5.74, 6) is 0.577. The van der Waals surface area contributed by atoms with Gasteiger partial charge in [-0.2, -0.15) is 0 Å². The number of nitrogens with one attached hydrogen (secondary N) is 1. The molecule has 0 saturated heterocycles. The predicted molar refractivity (Wildman–Crippen MR) is 87.9 cm³/mol. The fourth-order valence-corrected chi connectivity index (χ4v) is 1.85. The van der Waals surface area contributed by atoms with E-state index in [9.17, 15) is 4.79 Å². The fourth-order valence-electron chi connectivity index (χ4n) is 1.49. The fraction of sp³-hybridized carbons (Fsp3) is 0.400. The number of carbonyl (C=O) groups excluding carboxylic acids is 1. The molecule has 0 fully saturated rings. The van der Waals surface area contributed by atoms with Crippen molar-refractivity contribution in [1.82, 2.24) is 5.32 Å². The zero-order valence-electron chi connectivity index (χ0n) is 11.8. The van der Waals surface area contributed by atoms with Crippen molar-refractivity contribution in [2.75, 3.05) is 26.3 Å². The van der Waals surface area contributed by atoms with Gasteiger partial charge < -0.3 is 14.8 Å². The van der Waals surface area contributed by atoms with Crippen LogP contribution in [0.1, 0.15) is 13.8 Å². The second-order valence-corrected chi connectivity index (χ2v) is 5.47. The van der Waals surface area contributed by atoms with Crippen molar-refractivity contribution in [3.8, 4) is 5.75 Å². The van der Waals surface area contributed by atoms with Gasteiger partial charge in [0.25, 0.3) is 0 Å². The highest BCUT2D eigenvalue weighted by Gasteiger charge is 1.98. The second kappa shape index (κ2) is 9.77. The summed E-state index contributed by atoms with van der Waals surface area (Å²) in [6.07, 6.45) is 1.51. The van der Waals surface area contributed by atoms with E-state index in [1.54, 1.807) is 6.92 Å². The Morgan fingerprint density at radius 2 is 2.05 bits per heavy atom. The summed E-state index contributed by atoms with van der Waals surface area (Å²) in [7, 11) is 0. The monoisotopic (exact) mass is 389 g/mol. The molecule has 0 heterocycles. The van der Waals surface area contributed by atoms with Crippen LogP contribution in [0.25, 0.3) is 0 Å². The lowest BCUT2D eigenvalue weighted by atomic mass is 10.3. The lowest BCUT2D eigenvalue weighted by Gasteiger charge is -2.08. The molecule has 110 valence electrons. The van der Waals surface area contributed by atoms with Crippen LogP contribution in [0.15, 0.2) is 35.9 Å². The molecule has 0 aliphatic heterocycles. The van der Waals surface area contributed by atoms with Crippen molar-refractivity contribution < 1.29 is 14.3 Å². The maximum Gasteiger partial charge on any atom is 0.330 e. The van der Waals surface area contributed by atoms with Crippen molar-refractivity contribution in [3.05, 3.63) is 39.5 Å². The van der Waals surface area contributed by atoms with Gasteiger partial charge in [-0.3, -0.25) is 0 Å². The highest BCUT2D eigenvalue weighted by Crippen LogP contribution is 2.12. The van der Waals surface area contributed by atoms with Crippen molar-refractivity contribution in [2.24, 2.45) is 0 Å². The number of rotatable bonds is 8. The molecule has 0 aliphatic rings. The van der Waals surface area contributed by atoms with Gasteiger partial charge in [0.2, 0.25) is 0 Å². The van der Waals surface area contributed by atoms with Crippen LogP contribution < -0.4 is 10.1 Å². The molecule has 20 heavy (non-hydrogen) atoms. The van der Waals surface area contributed by atoms with Gasteiger partial charge in [-0.1, -0.05) is 5.57 Å². The van der Waals surface area contributed by atoms with E-state index in [1.807, 2.05) is 31.2 Å². The Balaban J connectivity index is 2.15. The van der Waals surface area contributed by atoms with Crippen molar-refractivity contribution >= 4 is 28.6 Å². The smallest absolute Gasteiger partial charge is 0.330 e. The van der Waals surface area contributed by atoms with E-state index in [2.05, 4.69) is 27.9 Å². The summed E-state index contributed by atoms with van der Waals surface area (Å²) >= 11 is 2.26. The first-order chi connectivity index (χ1) is 9.61. The van der Waals surface area contributed by atoms with Crippen LogP contribution in [0, 0.1) is 3.57 Å².